The van der Waals surface area contributed by atoms with Crippen molar-refractivity contribution in [2.45, 2.75) is 45.1 Å². The first kappa shape index (κ1) is 12.1. The third kappa shape index (κ3) is 1.96. The van der Waals surface area contributed by atoms with Gasteiger partial charge < -0.3 is 9.47 Å². The molecule has 4 nitrogen and oxygen atoms in total. The van der Waals surface area contributed by atoms with Crippen molar-refractivity contribution in [3.8, 4) is 0 Å². The van der Waals surface area contributed by atoms with Crippen molar-refractivity contribution in [3.05, 3.63) is 12.2 Å². The second kappa shape index (κ2) is 4.51. The second-order valence-corrected chi connectivity index (χ2v) is 4.80. The smallest absolute Gasteiger partial charge is 0.333 e. The Bertz CT molecular complexity index is 360. The van der Waals surface area contributed by atoms with Crippen LogP contribution in [0.4, 0.5) is 0 Å². The molecule has 1 saturated carbocycles. The van der Waals surface area contributed by atoms with Gasteiger partial charge in [0.1, 0.15) is 11.5 Å². The summed E-state index contributed by atoms with van der Waals surface area (Å²) in [6, 6.07) is 0. The summed E-state index contributed by atoms with van der Waals surface area (Å²) in [5.41, 5.74) is -0.282. The summed E-state index contributed by atoms with van der Waals surface area (Å²) in [5, 5.41) is 0. The highest BCUT2D eigenvalue weighted by Crippen LogP contribution is 2.47. The third-order valence-electron chi connectivity index (χ3n) is 3.70. The summed E-state index contributed by atoms with van der Waals surface area (Å²) < 4.78 is 10.5. The Kier molecular flexibility index (Phi) is 3.22. The quantitative estimate of drug-likeness (QED) is 0.545. The minimum Gasteiger partial charge on any atom is -0.465 e. The van der Waals surface area contributed by atoms with E-state index < -0.39 is 5.41 Å². The number of carbonyl (C=O) groups is 2. The lowest BCUT2D eigenvalue weighted by Gasteiger charge is -2.44. The lowest BCUT2D eigenvalue weighted by molar-refractivity contribution is -0.182. The van der Waals surface area contributed by atoms with E-state index >= 15 is 0 Å². The van der Waals surface area contributed by atoms with Crippen molar-refractivity contribution >= 4 is 11.9 Å². The van der Waals surface area contributed by atoms with Crippen LogP contribution in [-0.4, -0.2) is 24.6 Å². The molecule has 0 aromatic rings. The van der Waals surface area contributed by atoms with Crippen molar-refractivity contribution in [2.24, 2.45) is 5.41 Å². The topological polar surface area (TPSA) is 52.6 Å². The summed E-state index contributed by atoms with van der Waals surface area (Å²) in [4.78, 5) is 23.6. The van der Waals surface area contributed by atoms with E-state index in [1.54, 1.807) is 6.92 Å². The van der Waals surface area contributed by atoms with Crippen LogP contribution in [0, 0.1) is 5.41 Å². The molecule has 1 aliphatic carbocycles. The van der Waals surface area contributed by atoms with Crippen LogP contribution in [0.5, 0.6) is 0 Å². The van der Waals surface area contributed by atoms with Gasteiger partial charge in [0.2, 0.25) is 0 Å². The highest BCUT2D eigenvalue weighted by Gasteiger charge is 2.54. The van der Waals surface area contributed by atoms with Crippen LogP contribution in [0.3, 0.4) is 0 Å². The van der Waals surface area contributed by atoms with Gasteiger partial charge in [0, 0.05) is 5.57 Å². The van der Waals surface area contributed by atoms with E-state index in [2.05, 4.69) is 6.58 Å². The molecule has 0 bridgehead atoms. The second-order valence-electron chi connectivity index (χ2n) is 4.80. The molecule has 2 fully saturated rings. The van der Waals surface area contributed by atoms with Gasteiger partial charge in [-0.15, -0.1) is 0 Å². The summed E-state index contributed by atoms with van der Waals surface area (Å²) in [6.07, 6.45) is 3.50. The van der Waals surface area contributed by atoms with Gasteiger partial charge in [0.15, 0.2) is 0 Å². The number of hydrogen-bond donors (Lipinski definition) is 0. The average molecular weight is 238 g/mol. The van der Waals surface area contributed by atoms with E-state index in [0.717, 1.165) is 25.7 Å². The summed E-state index contributed by atoms with van der Waals surface area (Å²) in [6.45, 7) is 5.83. The van der Waals surface area contributed by atoms with Crippen molar-refractivity contribution in [1.82, 2.24) is 0 Å². The Morgan fingerprint density at radius 2 is 2.35 bits per heavy atom. The van der Waals surface area contributed by atoms with Crippen molar-refractivity contribution in [2.75, 3.05) is 6.61 Å². The highest BCUT2D eigenvalue weighted by atomic mass is 16.6. The van der Waals surface area contributed by atoms with Gasteiger partial charge in [-0.2, -0.15) is 0 Å². The third-order valence-corrected chi connectivity index (χ3v) is 3.70. The number of esters is 2. The molecular weight excluding hydrogens is 220 g/mol. The maximum Gasteiger partial charge on any atom is 0.333 e. The molecule has 1 saturated heterocycles. The van der Waals surface area contributed by atoms with Crippen LogP contribution in [0.2, 0.25) is 0 Å². The minimum absolute atomic E-state index is 0.238. The predicted molar refractivity (Wildman–Crippen MR) is 61.2 cm³/mol. The van der Waals surface area contributed by atoms with E-state index in [-0.39, 0.29) is 18.0 Å². The van der Waals surface area contributed by atoms with Gasteiger partial charge >= 0.3 is 11.9 Å². The molecule has 0 aromatic carbocycles. The maximum absolute atomic E-state index is 12.2. The van der Waals surface area contributed by atoms with Gasteiger partial charge in [0.05, 0.1) is 6.61 Å². The molecule has 0 N–H and O–H groups in total. The number of hydrogen-bond acceptors (Lipinski definition) is 4. The van der Waals surface area contributed by atoms with Crippen molar-refractivity contribution in [1.29, 1.82) is 0 Å². The zero-order chi connectivity index (χ0) is 12.5. The van der Waals surface area contributed by atoms with Crippen LogP contribution in [0.25, 0.3) is 0 Å². The maximum atomic E-state index is 12.2. The summed E-state index contributed by atoms with van der Waals surface area (Å²) in [7, 11) is 0. The molecule has 2 rings (SSSR count). The Labute approximate surface area is 101 Å². The van der Waals surface area contributed by atoms with Crippen LogP contribution in [0.15, 0.2) is 12.2 Å². The van der Waals surface area contributed by atoms with E-state index in [1.165, 1.54) is 0 Å². The molecule has 1 aliphatic heterocycles. The van der Waals surface area contributed by atoms with Crippen LogP contribution in [0.1, 0.15) is 39.0 Å². The largest absolute Gasteiger partial charge is 0.465 e. The number of fused-ring (bicyclic) bond motifs is 1. The predicted octanol–water partition coefficient (Wildman–Crippen LogP) is 1.98. The van der Waals surface area contributed by atoms with Crippen LogP contribution < -0.4 is 0 Å². The number of rotatable bonds is 2. The van der Waals surface area contributed by atoms with Gasteiger partial charge in [-0.25, -0.2) is 4.79 Å². The Morgan fingerprint density at radius 3 is 3.06 bits per heavy atom. The molecule has 0 radical (unpaired) electrons. The molecule has 0 spiro atoms. The Morgan fingerprint density at radius 1 is 1.59 bits per heavy atom. The van der Waals surface area contributed by atoms with Gasteiger partial charge in [-0.3, -0.25) is 4.79 Å². The van der Waals surface area contributed by atoms with Crippen molar-refractivity contribution in [3.63, 3.8) is 0 Å². The number of ether oxygens (including phenoxy) is 2. The van der Waals surface area contributed by atoms with Crippen LogP contribution >= 0.6 is 0 Å². The Balaban J connectivity index is 2.27. The van der Waals surface area contributed by atoms with E-state index in [0.29, 0.717) is 18.6 Å². The van der Waals surface area contributed by atoms with Gasteiger partial charge in [-0.05, 0) is 32.6 Å². The zero-order valence-electron chi connectivity index (χ0n) is 10.2. The molecule has 2 atom stereocenters. The van der Waals surface area contributed by atoms with E-state index in [9.17, 15) is 9.59 Å². The van der Waals surface area contributed by atoms with E-state index in [1.807, 2.05) is 0 Å². The molecule has 0 unspecified atom stereocenters. The van der Waals surface area contributed by atoms with E-state index in [4.69, 9.17) is 9.47 Å². The first-order valence-electron chi connectivity index (χ1n) is 6.16. The monoisotopic (exact) mass is 238 g/mol. The number of carbonyl (C=O) groups excluding carboxylic acids is 2. The fraction of sp³-hybridized carbons (Fsp3) is 0.692. The molecule has 94 valence electrons. The molecule has 1 heterocycles. The van der Waals surface area contributed by atoms with Gasteiger partial charge in [-0.1, -0.05) is 13.0 Å². The fourth-order valence-corrected chi connectivity index (χ4v) is 2.83. The first-order valence-corrected chi connectivity index (χ1v) is 6.16. The molecule has 4 heteroatoms. The molecule has 0 amide bonds. The van der Waals surface area contributed by atoms with Crippen LogP contribution in [-0.2, 0) is 19.1 Å². The molecule has 0 aromatic heterocycles. The minimum atomic E-state index is -0.667. The fourth-order valence-electron chi connectivity index (χ4n) is 2.83. The standard InChI is InChI=1S/C13H18O4/c1-3-16-12(15)13-7-5-4-6-10(13)17-11(14)9(2)8-13/h10H,2-8H2,1H3/t10-,13-/m0/s1. The average Bonchev–Trinajstić information content (AvgIpc) is 2.31. The molecule has 17 heavy (non-hydrogen) atoms. The summed E-state index contributed by atoms with van der Waals surface area (Å²) >= 11 is 0. The molecule has 2 aliphatic rings. The lowest BCUT2D eigenvalue weighted by Crippen LogP contribution is -2.51. The Hall–Kier alpha value is -1.32. The van der Waals surface area contributed by atoms with Crippen molar-refractivity contribution < 1.29 is 19.1 Å². The van der Waals surface area contributed by atoms with Gasteiger partial charge in [0.25, 0.3) is 0 Å². The highest BCUT2D eigenvalue weighted by molar-refractivity contribution is 5.92. The first-order chi connectivity index (χ1) is 8.10. The molecular formula is C13H18O4. The zero-order valence-corrected chi connectivity index (χ0v) is 10.2. The SMILES string of the molecule is C=C1C[C@@]2(C(=O)OCC)CCCC[C@@H]2OC1=O. The lowest BCUT2D eigenvalue weighted by atomic mass is 9.67. The normalized spacial score (nSPS) is 32.6. The summed E-state index contributed by atoms with van der Waals surface area (Å²) in [5.74, 6) is -0.602.